The van der Waals surface area contributed by atoms with Crippen LogP contribution in [0.3, 0.4) is 0 Å². The molecular formula is C25H19NO. The first-order valence-electron chi connectivity index (χ1n) is 9.16. The lowest BCUT2D eigenvalue weighted by molar-refractivity contribution is 0.112. The highest BCUT2D eigenvalue weighted by atomic mass is 16.1. The Kier molecular flexibility index (Phi) is 3.41. The molecule has 0 fully saturated rings. The van der Waals surface area contributed by atoms with E-state index in [1.165, 1.54) is 27.9 Å². The van der Waals surface area contributed by atoms with Crippen LogP contribution < -0.4 is 4.90 Å². The van der Waals surface area contributed by atoms with Crippen LogP contribution in [0.4, 0.5) is 17.1 Å². The lowest BCUT2D eigenvalue weighted by atomic mass is 9.88. The third-order valence-electron chi connectivity index (χ3n) is 5.40. The van der Waals surface area contributed by atoms with Crippen LogP contribution in [0.25, 0.3) is 21.9 Å². The van der Waals surface area contributed by atoms with Gasteiger partial charge in [-0.05, 0) is 61.2 Å². The Balaban J connectivity index is 1.93. The zero-order chi connectivity index (χ0) is 18.5. The first kappa shape index (κ1) is 15.8. The fraction of sp³-hybridized carbons (Fsp3) is 0.0800. The van der Waals surface area contributed by atoms with E-state index in [0.717, 1.165) is 34.0 Å². The summed E-state index contributed by atoms with van der Waals surface area (Å²) in [6.07, 6.45) is 0.949. The van der Waals surface area contributed by atoms with Gasteiger partial charge in [0.15, 0.2) is 6.29 Å². The Morgan fingerprint density at radius 2 is 1.48 bits per heavy atom. The first-order chi connectivity index (χ1) is 13.2. The normalized spacial score (nSPS) is 12.1. The van der Waals surface area contributed by atoms with E-state index in [9.17, 15) is 4.79 Å². The summed E-state index contributed by atoms with van der Waals surface area (Å²) >= 11 is 0. The highest BCUT2D eigenvalue weighted by Gasteiger charge is 2.26. The monoisotopic (exact) mass is 349 g/mol. The molecule has 4 aromatic carbocycles. The quantitative estimate of drug-likeness (QED) is 0.330. The molecule has 0 amide bonds. The minimum Gasteiger partial charge on any atom is -0.309 e. The number of aryl methyl sites for hydroxylation is 2. The van der Waals surface area contributed by atoms with Crippen molar-refractivity contribution in [1.82, 2.24) is 0 Å². The van der Waals surface area contributed by atoms with Gasteiger partial charge in [-0.1, -0.05) is 47.5 Å². The standard InChI is InChI=1S/C25H19NO/c1-16-6-10-19(11-7-16)26-23-12-8-17(2)14-22(23)21-5-3-4-20-18(15-27)9-13-24(26)25(20)21/h3-15H,1-2H3. The molecule has 2 nitrogen and oxygen atoms in total. The van der Waals surface area contributed by atoms with Crippen LogP contribution in [0.5, 0.6) is 0 Å². The van der Waals surface area contributed by atoms with Gasteiger partial charge in [0.1, 0.15) is 0 Å². The highest BCUT2D eigenvalue weighted by molar-refractivity contribution is 6.17. The molecule has 0 atom stereocenters. The van der Waals surface area contributed by atoms with Crippen molar-refractivity contribution in [3.8, 4) is 11.1 Å². The summed E-state index contributed by atoms with van der Waals surface area (Å²) in [4.78, 5) is 13.9. The smallest absolute Gasteiger partial charge is 0.150 e. The summed E-state index contributed by atoms with van der Waals surface area (Å²) in [7, 11) is 0. The zero-order valence-electron chi connectivity index (χ0n) is 15.4. The summed E-state index contributed by atoms with van der Waals surface area (Å²) in [6.45, 7) is 4.22. The van der Waals surface area contributed by atoms with Crippen LogP contribution in [0, 0.1) is 13.8 Å². The number of rotatable bonds is 2. The van der Waals surface area contributed by atoms with Gasteiger partial charge in [-0.25, -0.2) is 0 Å². The van der Waals surface area contributed by atoms with E-state index < -0.39 is 0 Å². The summed E-state index contributed by atoms with van der Waals surface area (Å²) in [5.74, 6) is 0. The number of benzene rings is 4. The maximum absolute atomic E-state index is 11.6. The molecule has 2 heteroatoms. The van der Waals surface area contributed by atoms with Crippen molar-refractivity contribution >= 4 is 34.1 Å². The van der Waals surface area contributed by atoms with Crippen molar-refractivity contribution in [2.75, 3.05) is 4.90 Å². The molecule has 0 spiro atoms. The number of anilines is 3. The maximum Gasteiger partial charge on any atom is 0.150 e. The number of carbonyl (C=O) groups is 1. The molecule has 0 saturated carbocycles. The summed E-state index contributed by atoms with van der Waals surface area (Å²) in [5.41, 5.74) is 9.00. The number of hydrogen-bond acceptors (Lipinski definition) is 2. The second-order valence-electron chi connectivity index (χ2n) is 7.21. The summed E-state index contributed by atoms with van der Waals surface area (Å²) in [6, 6.07) is 25.4. The van der Waals surface area contributed by atoms with Gasteiger partial charge in [0.25, 0.3) is 0 Å². The van der Waals surface area contributed by atoms with Gasteiger partial charge in [-0.3, -0.25) is 4.79 Å². The third-order valence-corrected chi connectivity index (χ3v) is 5.40. The van der Waals surface area contributed by atoms with Crippen molar-refractivity contribution < 1.29 is 4.79 Å². The minimum atomic E-state index is 0.732. The van der Waals surface area contributed by atoms with Crippen molar-refractivity contribution in [3.05, 3.63) is 89.5 Å². The van der Waals surface area contributed by atoms with E-state index in [1.54, 1.807) is 0 Å². The number of carbonyl (C=O) groups excluding carboxylic acids is 1. The van der Waals surface area contributed by atoms with Crippen LogP contribution in [-0.2, 0) is 0 Å². The van der Waals surface area contributed by atoms with Gasteiger partial charge in [-0.2, -0.15) is 0 Å². The molecule has 0 bridgehead atoms. The zero-order valence-corrected chi connectivity index (χ0v) is 15.4. The molecule has 0 N–H and O–H groups in total. The summed E-state index contributed by atoms with van der Waals surface area (Å²) in [5, 5.41) is 2.14. The molecule has 5 rings (SSSR count). The molecule has 0 radical (unpaired) electrons. The van der Waals surface area contributed by atoms with Crippen molar-refractivity contribution in [2.24, 2.45) is 0 Å². The van der Waals surface area contributed by atoms with E-state index >= 15 is 0 Å². The number of hydrogen-bond donors (Lipinski definition) is 0. The van der Waals surface area contributed by atoms with Gasteiger partial charge in [0, 0.05) is 22.2 Å². The molecule has 27 heavy (non-hydrogen) atoms. The molecule has 0 unspecified atom stereocenters. The SMILES string of the molecule is Cc1ccc(N2c3ccc(C)cc3-c3cccc4c(C=O)ccc2c34)cc1. The Morgan fingerprint density at radius 1 is 0.741 bits per heavy atom. The van der Waals surface area contributed by atoms with Crippen molar-refractivity contribution in [2.45, 2.75) is 13.8 Å². The van der Waals surface area contributed by atoms with Crippen LogP contribution in [0.15, 0.2) is 72.8 Å². The highest BCUT2D eigenvalue weighted by Crippen LogP contribution is 2.51. The Morgan fingerprint density at radius 3 is 2.26 bits per heavy atom. The average molecular weight is 349 g/mol. The van der Waals surface area contributed by atoms with Crippen LogP contribution in [0.1, 0.15) is 21.5 Å². The van der Waals surface area contributed by atoms with Gasteiger partial charge in [0.2, 0.25) is 0 Å². The molecule has 1 aliphatic heterocycles. The predicted octanol–water partition coefficient (Wildman–Crippen LogP) is 6.72. The summed E-state index contributed by atoms with van der Waals surface area (Å²) < 4.78 is 0. The third kappa shape index (κ3) is 2.30. The Bertz CT molecular complexity index is 1210. The van der Waals surface area contributed by atoms with Crippen LogP contribution in [0.2, 0.25) is 0 Å². The van der Waals surface area contributed by atoms with E-state index in [-0.39, 0.29) is 0 Å². The van der Waals surface area contributed by atoms with Crippen LogP contribution >= 0.6 is 0 Å². The molecular weight excluding hydrogens is 330 g/mol. The van der Waals surface area contributed by atoms with E-state index in [0.29, 0.717) is 0 Å². The minimum absolute atomic E-state index is 0.732. The average Bonchev–Trinajstić information content (AvgIpc) is 2.70. The first-order valence-corrected chi connectivity index (χ1v) is 9.16. The number of nitrogens with zero attached hydrogens (tertiary/aromatic N) is 1. The fourth-order valence-corrected chi connectivity index (χ4v) is 4.09. The van der Waals surface area contributed by atoms with Gasteiger partial charge >= 0.3 is 0 Å². The molecule has 0 aromatic heterocycles. The topological polar surface area (TPSA) is 20.3 Å². The Hall–Kier alpha value is -3.39. The van der Waals surface area contributed by atoms with Gasteiger partial charge in [-0.15, -0.1) is 0 Å². The van der Waals surface area contributed by atoms with Gasteiger partial charge in [0.05, 0.1) is 11.4 Å². The lowest BCUT2D eigenvalue weighted by Crippen LogP contribution is -2.15. The van der Waals surface area contributed by atoms with E-state index in [1.807, 2.05) is 18.2 Å². The molecule has 0 aliphatic carbocycles. The van der Waals surface area contributed by atoms with Crippen molar-refractivity contribution in [3.63, 3.8) is 0 Å². The lowest BCUT2D eigenvalue weighted by Gasteiger charge is -2.34. The number of fused-ring (bicyclic) bond motifs is 2. The van der Waals surface area contributed by atoms with Crippen LogP contribution in [-0.4, -0.2) is 6.29 Å². The second-order valence-corrected chi connectivity index (χ2v) is 7.21. The van der Waals surface area contributed by atoms with Gasteiger partial charge < -0.3 is 4.90 Å². The molecule has 1 heterocycles. The Labute approximate surface area is 158 Å². The molecule has 130 valence electrons. The second kappa shape index (κ2) is 5.82. The largest absolute Gasteiger partial charge is 0.309 e. The van der Waals surface area contributed by atoms with E-state index in [4.69, 9.17) is 0 Å². The molecule has 1 aliphatic rings. The molecule has 4 aromatic rings. The predicted molar refractivity (Wildman–Crippen MR) is 112 cm³/mol. The fourth-order valence-electron chi connectivity index (χ4n) is 4.09. The number of aldehydes is 1. The van der Waals surface area contributed by atoms with E-state index in [2.05, 4.69) is 73.3 Å². The maximum atomic E-state index is 11.6. The van der Waals surface area contributed by atoms with Crippen molar-refractivity contribution in [1.29, 1.82) is 0 Å². The molecule has 0 saturated heterocycles.